The third-order valence-corrected chi connectivity index (χ3v) is 11.1. The molecule has 4 aromatic rings. The summed E-state index contributed by atoms with van der Waals surface area (Å²) in [6.45, 7) is -9.85. The van der Waals surface area contributed by atoms with Crippen molar-refractivity contribution in [3.63, 3.8) is 0 Å². The van der Waals surface area contributed by atoms with E-state index in [9.17, 15) is 14.6 Å². The van der Waals surface area contributed by atoms with Crippen LogP contribution in [0.1, 0.15) is 12.5 Å². The summed E-state index contributed by atoms with van der Waals surface area (Å²) in [6.07, 6.45) is -10.2. The van der Waals surface area contributed by atoms with Gasteiger partial charge in [0.1, 0.15) is 11.6 Å². The third-order valence-electron chi connectivity index (χ3n) is 7.46. The number of imidazole rings is 2. The van der Waals surface area contributed by atoms with Crippen molar-refractivity contribution in [1.82, 2.24) is 34.1 Å². The number of nitrogens with one attached hydrogen (secondary N) is 1. The van der Waals surface area contributed by atoms with Gasteiger partial charge in [0.2, 0.25) is 5.95 Å². The molecule has 242 valence electrons. The molecule has 9 atom stereocenters. The quantitative estimate of drug-likeness (QED) is 0.181. The second-order valence-electron chi connectivity index (χ2n) is 10.4. The van der Waals surface area contributed by atoms with Gasteiger partial charge in [-0.05, 0) is 29.7 Å². The van der Waals surface area contributed by atoms with Crippen molar-refractivity contribution in [2.45, 2.75) is 49.0 Å². The van der Waals surface area contributed by atoms with Crippen LogP contribution in [0.2, 0.25) is 0 Å². The summed E-state index contributed by atoms with van der Waals surface area (Å²) in [4.78, 5) is 52.9. The largest absolute Gasteiger partial charge is 0.397 e. The number of ether oxygens (including phenoxy) is 2. The van der Waals surface area contributed by atoms with Gasteiger partial charge in [-0.2, -0.15) is 4.98 Å². The van der Waals surface area contributed by atoms with E-state index in [2.05, 4.69) is 24.9 Å². The van der Waals surface area contributed by atoms with E-state index in [4.69, 9.17) is 58.1 Å². The van der Waals surface area contributed by atoms with Crippen LogP contribution in [0.15, 0.2) is 29.7 Å². The number of aromatic amines is 1. The molecule has 7 rings (SSSR count). The van der Waals surface area contributed by atoms with E-state index >= 15 is 13.2 Å². The Morgan fingerprint density at radius 3 is 2.51 bits per heavy atom. The van der Waals surface area contributed by atoms with Crippen LogP contribution in [0, 0.1) is 0 Å². The Morgan fingerprint density at radius 2 is 1.76 bits per heavy atom. The number of rotatable bonds is 2. The second kappa shape index (κ2) is 10.7. The molecule has 2 unspecified atom stereocenters. The van der Waals surface area contributed by atoms with Gasteiger partial charge >= 0.3 is 12.6 Å². The van der Waals surface area contributed by atoms with Crippen LogP contribution in [0.25, 0.3) is 22.3 Å². The lowest BCUT2D eigenvalue weighted by atomic mass is 10.1. The maximum absolute atomic E-state index is 16.1. The van der Waals surface area contributed by atoms with Crippen molar-refractivity contribution in [3.8, 4) is 0 Å². The normalized spacial score (nSPS) is 37.0. The number of pyridine rings is 1. The minimum Gasteiger partial charge on any atom is -0.397 e. The molecule has 2 bridgehead atoms. The van der Waals surface area contributed by atoms with Gasteiger partial charge in [0, 0.05) is 6.20 Å². The molecule has 0 radical (unpaired) electrons. The first-order chi connectivity index (χ1) is 21.1. The van der Waals surface area contributed by atoms with Gasteiger partial charge in [-0.3, -0.25) is 23.4 Å². The van der Waals surface area contributed by atoms with Crippen molar-refractivity contribution in [1.29, 1.82) is 0 Å². The molecule has 0 aliphatic carbocycles. The van der Waals surface area contributed by atoms with Gasteiger partial charge in [-0.15, -0.1) is 0 Å². The first-order valence-corrected chi connectivity index (χ1v) is 18.4. The minimum absolute atomic E-state index is 0.150. The molecule has 0 saturated carbocycles. The van der Waals surface area contributed by atoms with Crippen molar-refractivity contribution in [3.05, 3.63) is 35.3 Å². The molecule has 24 heteroatoms. The molecule has 3 aliphatic rings. The molecular formula is C21H22F3N9O8P2S2. The van der Waals surface area contributed by atoms with Crippen LogP contribution in [0.4, 0.5) is 24.8 Å². The third kappa shape index (κ3) is 5.27. The Bertz CT molecular complexity index is 1980. The van der Waals surface area contributed by atoms with Crippen molar-refractivity contribution in [2.24, 2.45) is 0 Å². The summed E-state index contributed by atoms with van der Waals surface area (Å²) in [5.74, 6) is -4.28. The number of halogens is 3. The topological polar surface area (TPSA) is 233 Å². The number of hydrogen-bond acceptors (Lipinski definition) is 14. The summed E-state index contributed by atoms with van der Waals surface area (Å²) < 4.78 is 77.8. The van der Waals surface area contributed by atoms with Crippen LogP contribution in [-0.4, -0.2) is 93.1 Å². The van der Waals surface area contributed by atoms with E-state index in [1.54, 1.807) is 0 Å². The van der Waals surface area contributed by atoms with E-state index in [0.717, 1.165) is 10.9 Å². The van der Waals surface area contributed by atoms with Gasteiger partial charge < -0.3 is 39.8 Å². The molecule has 4 aromatic heterocycles. The standard InChI is InChI=1S/C21H22F3N9O8P2S2/c22-10-13-8(38-18(10)32-5-28-11-7(25)1-2-27-15(11)32)4-42(35,44)41-14-19(33-6-29-12-16(33)30-20(26)31-17(12)34)39-9(21(14,23)24)3-37-43(36,45)40-13/h1-2,5-6,8-10,13-14,18-19H,3-4H2,(H2,25,27)(H,35,44)(H,36,45)(H3,26,30,31,34)/t8-,9-,10+,13-,14+,18-,19-,42?,43?/m1/s1. The van der Waals surface area contributed by atoms with Crippen LogP contribution in [0.5, 0.6) is 0 Å². The number of nitrogens with two attached hydrogens (primary N) is 2. The van der Waals surface area contributed by atoms with Crippen LogP contribution >= 0.6 is 13.2 Å². The number of anilines is 2. The molecule has 7 heterocycles. The van der Waals surface area contributed by atoms with Crippen molar-refractivity contribution < 1.29 is 46.0 Å². The number of nitrogen functional groups attached to an aromatic ring is 2. The highest BCUT2D eigenvalue weighted by Crippen LogP contribution is 2.58. The molecule has 0 amide bonds. The lowest BCUT2D eigenvalue weighted by molar-refractivity contribution is -0.117. The molecule has 0 spiro atoms. The summed E-state index contributed by atoms with van der Waals surface area (Å²) in [6, 6.07) is 1.49. The summed E-state index contributed by atoms with van der Waals surface area (Å²) in [5, 5.41) is 0. The maximum Gasteiger partial charge on any atom is 0.325 e. The van der Waals surface area contributed by atoms with E-state index in [-0.39, 0.29) is 34.0 Å². The summed E-state index contributed by atoms with van der Waals surface area (Å²) in [5.41, 5.74) is 11.0. The van der Waals surface area contributed by atoms with Gasteiger partial charge in [-0.25, -0.2) is 28.1 Å². The van der Waals surface area contributed by atoms with Gasteiger partial charge in [0.15, 0.2) is 54.1 Å². The zero-order chi connectivity index (χ0) is 32.1. The van der Waals surface area contributed by atoms with E-state index in [0.29, 0.717) is 0 Å². The number of H-pyrrole nitrogens is 1. The maximum atomic E-state index is 16.1. The Balaban J connectivity index is 1.27. The number of hydrogen-bond donors (Lipinski definition) is 5. The van der Waals surface area contributed by atoms with Crippen LogP contribution in [-0.2, 0) is 46.7 Å². The Morgan fingerprint density at radius 1 is 1.04 bits per heavy atom. The molecule has 3 saturated heterocycles. The van der Waals surface area contributed by atoms with Gasteiger partial charge in [-0.1, -0.05) is 0 Å². The zero-order valence-corrected chi connectivity index (χ0v) is 25.7. The summed E-state index contributed by atoms with van der Waals surface area (Å²) in [7, 11) is 0. The van der Waals surface area contributed by atoms with E-state index in [1.165, 1.54) is 23.2 Å². The number of nitrogens with zero attached hydrogens (tertiary/aromatic N) is 6. The fourth-order valence-corrected chi connectivity index (χ4v) is 9.02. The van der Waals surface area contributed by atoms with Crippen molar-refractivity contribution in [2.75, 3.05) is 24.2 Å². The summed E-state index contributed by atoms with van der Waals surface area (Å²) >= 11 is 10.3. The molecule has 3 aliphatic heterocycles. The predicted octanol–water partition coefficient (Wildman–Crippen LogP) is 0.816. The highest BCUT2D eigenvalue weighted by Gasteiger charge is 2.63. The van der Waals surface area contributed by atoms with Gasteiger partial charge in [0.05, 0.1) is 37.2 Å². The molecule has 17 nitrogen and oxygen atoms in total. The van der Waals surface area contributed by atoms with Crippen LogP contribution < -0.4 is 17.0 Å². The average Bonchev–Trinajstić information content (AvgIpc) is 3.68. The number of alkyl halides is 3. The van der Waals surface area contributed by atoms with E-state index < -0.39 is 80.5 Å². The Kier molecular flexibility index (Phi) is 7.38. The Labute approximate surface area is 259 Å². The monoisotopic (exact) mass is 711 g/mol. The zero-order valence-electron chi connectivity index (χ0n) is 22.3. The molecular weight excluding hydrogens is 689 g/mol. The SMILES string of the molecule is Nc1nc2c(ncn2[C@@H]2O[C@@H]3COP(O)(=S)O[C@H]4[C@H](F)[C@H](n5cnc6c(N)ccnc65)O[C@@H]4CP(O)(=S)O[C@@H]2C3(F)F)c(=O)[nH]1. The first kappa shape index (κ1) is 31.0. The lowest BCUT2D eigenvalue weighted by Crippen LogP contribution is -2.43. The predicted molar refractivity (Wildman–Crippen MR) is 156 cm³/mol. The smallest absolute Gasteiger partial charge is 0.325 e. The van der Waals surface area contributed by atoms with Gasteiger partial charge in [0.25, 0.3) is 5.56 Å². The van der Waals surface area contributed by atoms with E-state index in [1.807, 2.05) is 0 Å². The lowest BCUT2D eigenvalue weighted by Gasteiger charge is -2.32. The van der Waals surface area contributed by atoms with Crippen LogP contribution in [0.3, 0.4) is 0 Å². The molecule has 7 N–H and O–H groups in total. The second-order valence-corrected chi connectivity index (χ2v) is 16.7. The molecule has 45 heavy (non-hydrogen) atoms. The highest BCUT2D eigenvalue weighted by atomic mass is 32.5. The fraction of sp³-hybridized carbons (Fsp3) is 0.476. The number of fused-ring (bicyclic) bond motifs is 5. The minimum atomic E-state index is -4.47. The molecule has 3 fully saturated rings. The van der Waals surface area contributed by atoms with Crippen molar-refractivity contribution >= 4 is 70.8 Å². The first-order valence-electron chi connectivity index (χ1n) is 12.9. The average molecular weight is 712 g/mol. The highest BCUT2D eigenvalue weighted by molar-refractivity contribution is 8.09. The fourth-order valence-electron chi connectivity index (χ4n) is 5.44. The molecule has 0 aromatic carbocycles. The number of aromatic nitrogens is 7. The Hall–Kier alpha value is -2.62.